The summed E-state index contributed by atoms with van der Waals surface area (Å²) in [6.45, 7) is 7.26. The van der Waals surface area contributed by atoms with Gasteiger partial charge in [0.25, 0.3) is 11.7 Å². The molecule has 0 aliphatic carbocycles. The molecule has 1 amide bonds. The fourth-order valence-corrected chi connectivity index (χ4v) is 2.89. The molecule has 3 rings (SSSR count). The average molecular weight is 326 g/mol. The van der Waals surface area contributed by atoms with Gasteiger partial charge < -0.3 is 9.64 Å². The molecule has 0 radical (unpaired) electrons. The summed E-state index contributed by atoms with van der Waals surface area (Å²) in [5.74, 6) is 1.93. The predicted molar refractivity (Wildman–Crippen MR) is 93.2 cm³/mol. The minimum Gasteiger partial charge on any atom is -0.483 e. The molecule has 1 aliphatic rings. The Morgan fingerprint density at radius 1 is 1.08 bits per heavy atom. The van der Waals surface area contributed by atoms with E-state index in [4.69, 9.17) is 4.74 Å². The van der Waals surface area contributed by atoms with Gasteiger partial charge in [-0.25, -0.2) is 4.98 Å². The number of aromatic amines is 1. The van der Waals surface area contributed by atoms with Crippen LogP contribution in [0.3, 0.4) is 0 Å². The summed E-state index contributed by atoms with van der Waals surface area (Å²) in [7, 11) is 0. The van der Waals surface area contributed by atoms with E-state index in [0.717, 1.165) is 43.3 Å². The van der Waals surface area contributed by atoms with Gasteiger partial charge in [0.1, 0.15) is 18.8 Å². The van der Waals surface area contributed by atoms with Gasteiger partial charge in [-0.3, -0.25) is 9.69 Å². The fourth-order valence-electron chi connectivity index (χ4n) is 2.89. The molecule has 0 bridgehead atoms. The molecule has 0 atom stereocenters. The van der Waals surface area contributed by atoms with Crippen LogP contribution in [0.2, 0.25) is 0 Å². The van der Waals surface area contributed by atoms with Crippen molar-refractivity contribution in [3.05, 3.63) is 53.7 Å². The smallest absolute Gasteiger partial charge is 0.274 e. The molecule has 24 heavy (non-hydrogen) atoms. The molecule has 0 spiro atoms. The highest BCUT2D eigenvalue weighted by Crippen LogP contribution is 2.20. The molecule has 1 aliphatic heterocycles. The van der Waals surface area contributed by atoms with Gasteiger partial charge >= 0.3 is 0 Å². The summed E-state index contributed by atoms with van der Waals surface area (Å²) in [6, 6.07) is 12.0. The molecule has 2 aromatic rings. The summed E-state index contributed by atoms with van der Waals surface area (Å²) in [4.78, 5) is 19.8. The molecular weight excluding hydrogens is 302 g/mol. The Bertz CT molecular complexity index is 695. The number of amides is 1. The fraction of sp³-hybridized carbons (Fsp3) is 0.368. The Labute approximate surface area is 142 Å². The maximum Gasteiger partial charge on any atom is 0.274 e. The molecule has 2 heterocycles. The van der Waals surface area contributed by atoms with Gasteiger partial charge in [-0.15, -0.1) is 0 Å². The number of nitrogens with zero attached hydrogens (tertiary/aromatic N) is 2. The van der Waals surface area contributed by atoms with E-state index < -0.39 is 0 Å². The van der Waals surface area contributed by atoms with Crippen molar-refractivity contribution in [1.29, 1.82) is 0 Å². The number of aromatic nitrogens is 1. The lowest BCUT2D eigenvalue weighted by Crippen LogP contribution is -2.51. The minimum absolute atomic E-state index is 0.0487. The van der Waals surface area contributed by atoms with Crippen LogP contribution in [0.25, 0.3) is 0 Å². The van der Waals surface area contributed by atoms with Crippen LogP contribution in [-0.4, -0.2) is 43.6 Å². The van der Waals surface area contributed by atoms with E-state index in [2.05, 4.69) is 16.0 Å². The number of nitrogens with one attached hydrogen (secondary N) is 1. The lowest BCUT2D eigenvalue weighted by molar-refractivity contribution is -0.364. The van der Waals surface area contributed by atoms with Gasteiger partial charge in [0, 0.05) is 6.07 Å². The summed E-state index contributed by atoms with van der Waals surface area (Å²) < 4.78 is 5.73. The normalized spacial score (nSPS) is 14.6. The predicted octanol–water partition coefficient (Wildman–Crippen LogP) is 1.85. The number of H-pyrrole nitrogens is 1. The second-order valence-corrected chi connectivity index (χ2v) is 6.10. The van der Waals surface area contributed by atoms with Crippen molar-refractivity contribution in [2.24, 2.45) is 0 Å². The van der Waals surface area contributed by atoms with Gasteiger partial charge in [-0.1, -0.05) is 18.2 Å². The zero-order valence-electron chi connectivity index (χ0n) is 14.3. The number of carbonyl (C=O) groups excluding carboxylic acids is 1. The Kier molecular flexibility index (Phi) is 4.99. The third-order valence-corrected chi connectivity index (χ3v) is 4.57. The van der Waals surface area contributed by atoms with Crippen LogP contribution in [0.5, 0.6) is 5.75 Å². The Hall–Kier alpha value is -2.56. The van der Waals surface area contributed by atoms with Gasteiger partial charge in [0.2, 0.25) is 0 Å². The number of anilines is 1. The summed E-state index contributed by atoms with van der Waals surface area (Å²) in [6.07, 6.45) is 1.92. The topological polar surface area (TPSA) is 46.9 Å². The molecule has 5 nitrogen and oxygen atoms in total. The summed E-state index contributed by atoms with van der Waals surface area (Å²) in [5.41, 5.74) is 2.27. The van der Waals surface area contributed by atoms with Crippen molar-refractivity contribution in [3.63, 3.8) is 0 Å². The number of carbonyl (C=O) groups is 1. The number of pyridine rings is 1. The highest BCUT2D eigenvalue weighted by molar-refractivity contribution is 5.78. The Morgan fingerprint density at radius 2 is 1.88 bits per heavy atom. The number of benzene rings is 1. The van der Waals surface area contributed by atoms with Crippen LogP contribution in [0.4, 0.5) is 5.82 Å². The van der Waals surface area contributed by atoms with Crippen LogP contribution in [0.1, 0.15) is 11.1 Å². The molecule has 0 unspecified atom stereocenters. The lowest BCUT2D eigenvalue weighted by Gasteiger charge is -2.31. The SMILES string of the molecule is Cc1cccc(OCC(=O)N2CCN(c3cccc[nH+]3)CC2)c1C. The maximum absolute atomic E-state index is 12.4. The van der Waals surface area contributed by atoms with Crippen LogP contribution in [0, 0.1) is 13.8 Å². The molecule has 0 saturated carbocycles. The number of hydrogen-bond donors (Lipinski definition) is 0. The number of piperazine rings is 1. The van der Waals surface area contributed by atoms with E-state index in [1.165, 1.54) is 5.56 Å². The third-order valence-electron chi connectivity index (χ3n) is 4.57. The van der Waals surface area contributed by atoms with Gasteiger partial charge in [0.15, 0.2) is 6.61 Å². The molecule has 126 valence electrons. The highest BCUT2D eigenvalue weighted by atomic mass is 16.5. The van der Waals surface area contributed by atoms with Crippen LogP contribution in [0.15, 0.2) is 42.6 Å². The minimum atomic E-state index is 0.0487. The molecule has 1 aromatic carbocycles. The van der Waals surface area contributed by atoms with Gasteiger partial charge in [0.05, 0.1) is 19.3 Å². The van der Waals surface area contributed by atoms with Crippen LogP contribution >= 0.6 is 0 Å². The van der Waals surface area contributed by atoms with Crippen molar-refractivity contribution >= 4 is 11.7 Å². The van der Waals surface area contributed by atoms with Gasteiger partial charge in [-0.2, -0.15) is 0 Å². The lowest BCUT2D eigenvalue weighted by atomic mass is 10.1. The first-order valence-electron chi connectivity index (χ1n) is 8.33. The standard InChI is InChI=1S/C19H23N3O2/c1-15-6-5-7-17(16(15)2)24-14-19(23)22-12-10-21(11-13-22)18-8-3-4-9-20-18/h3-9H,10-14H2,1-2H3/p+1. The largest absolute Gasteiger partial charge is 0.483 e. The van der Waals surface area contributed by atoms with Crippen molar-refractivity contribution in [3.8, 4) is 5.75 Å². The van der Waals surface area contributed by atoms with Crippen molar-refractivity contribution < 1.29 is 14.5 Å². The van der Waals surface area contributed by atoms with Crippen molar-refractivity contribution in [2.75, 3.05) is 37.7 Å². The zero-order chi connectivity index (χ0) is 16.9. The Balaban J connectivity index is 1.51. The zero-order valence-corrected chi connectivity index (χ0v) is 14.3. The first kappa shape index (κ1) is 16.3. The van der Waals surface area contributed by atoms with Crippen LogP contribution in [-0.2, 0) is 4.79 Å². The van der Waals surface area contributed by atoms with E-state index in [9.17, 15) is 4.79 Å². The summed E-state index contributed by atoms with van der Waals surface area (Å²) >= 11 is 0. The molecule has 1 aromatic heterocycles. The van der Waals surface area contributed by atoms with Crippen LogP contribution < -0.4 is 14.6 Å². The van der Waals surface area contributed by atoms with E-state index in [-0.39, 0.29) is 12.5 Å². The van der Waals surface area contributed by atoms with E-state index in [1.54, 1.807) is 0 Å². The molecule has 5 heteroatoms. The van der Waals surface area contributed by atoms with Crippen molar-refractivity contribution in [2.45, 2.75) is 13.8 Å². The highest BCUT2D eigenvalue weighted by Gasteiger charge is 2.26. The maximum atomic E-state index is 12.4. The summed E-state index contributed by atoms with van der Waals surface area (Å²) in [5, 5.41) is 0. The Morgan fingerprint density at radius 3 is 2.58 bits per heavy atom. The number of aryl methyl sites for hydroxylation is 1. The average Bonchev–Trinajstić information content (AvgIpc) is 2.63. The quantitative estimate of drug-likeness (QED) is 0.861. The number of ether oxygens (including phenoxy) is 1. The van der Waals surface area contributed by atoms with E-state index in [1.807, 2.05) is 55.3 Å². The third kappa shape index (κ3) is 3.67. The second-order valence-electron chi connectivity index (χ2n) is 6.10. The monoisotopic (exact) mass is 326 g/mol. The molecule has 1 N–H and O–H groups in total. The first-order chi connectivity index (χ1) is 11.6. The first-order valence-corrected chi connectivity index (χ1v) is 8.33. The van der Waals surface area contributed by atoms with E-state index in [0.29, 0.717) is 0 Å². The number of hydrogen-bond acceptors (Lipinski definition) is 3. The molecule has 1 fully saturated rings. The van der Waals surface area contributed by atoms with Gasteiger partial charge in [-0.05, 0) is 37.1 Å². The second kappa shape index (κ2) is 7.34. The molecule has 1 saturated heterocycles. The van der Waals surface area contributed by atoms with E-state index >= 15 is 0 Å². The van der Waals surface area contributed by atoms with Crippen molar-refractivity contribution in [1.82, 2.24) is 4.90 Å². The molecular formula is C19H24N3O2+. The number of rotatable bonds is 4.